The Hall–Kier alpha value is -2.63. The van der Waals surface area contributed by atoms with E-state index in [2.05, 4.69) is 15.5 Å². The maximum Gasteiger partial charge on any atom is 0.276 e. The first kappa shape index (κ1) is 14.3. The fourth-order valence-electron chi connectivity index (χ4n) is 2.15. The van der Waals surface area contributed by atoms with Crippen LogP contribution in [-0.2, 0) is 0 Å². The van der Waals surface area contributed by atoms with Crippen LogP contribution in [-0.4, -0.2) is 30.3 Å². The molecule has 1 aromatic heterocycles. The molecule has 1 aromatic carbocycles. The Morgan fingerprint density at radius 1 is 1.14 bits per heavy atom. The number of hydrogen-bond donors (Lipinski definition) is 1. The number of nitrogens with zero attached hydrogens (tertiary/aromatic N) is 2. The highest BCUT2D eigenvalue weighted by atomic mass is 16.5. The SMILES string of the molecule is COc1ccc(NC(=O)c2ccc(C3CC3)nn2)c(OC)c1. The third-order valence-electron chi connectivity index (χ3n) is 3.57. The predicted octanol–water partition coefficient (Wildman–Crippen LogP) is 2.62. The molecule has 0 atom stereocenters. The predicted molar refractivity (Wildman–Crippen MR) is 81.5 cm³/mol. The lowest BCUT2D eigenvalue weighted by molar-refractivity contribution is 0.102. The van der Waals surface area contributed by atoms with E-state index in [0.717, 1.165) is 18.5 Å². The van der Waals surface area contributed by atoms with Crippen molar-refractivity contribution in [1.29, 1.82) is 0 Å². The summed E-state index contributed by atoms with van der Waals surface area (Å²) >= 11 is 0. The largest absolute Gasteiger partial charge is 0.497 e. The van der Waals surface area contributed by atoms with Gasteiger partial charge in [0, 0.05) is 12.0 Å². The molecule has 2 aromatic rings. The smallest absolute Gasteiger partial charge is 0.276 e. The molecule has 22 heavy (non-hydrogen) atoms. The monoisotopic (exact) mass is 299 g/mol. The third kappa shape index (κ3) is 3.00. The quantitative estimate of drug-likeness (QED) is 0.918. The highest BCUT2D eigenvalue weighted by Gasteiger charge is 2.25. The fraction of sp³-hybridized carbons (Fsp3) is 0.312. The summed E-state index contributed by atoms with van der Waals surface area (Å²) in [5.74, 6) is 1.38. The van der Waals surface area contributed by atoms with Crippen molar-refractivity contribution in [3.8, 4) is 11.5 Å². The second-order valence-electron chi connectivity index (χ2n) is 5.14. The molecule has 0 aliphatic heterocycles. The van der Waals surface area contributed by atoms with Crippen LogP contribution < -0.4 is 14.8 Å². The molecule has 0 spiro atoms. The summed E-state index contributed by atoms with van der Waals surface area (Å²) in [6, 6.07) is 8.75. The number of carbonyl (C=O) groups excluding carboxylic acids is 1. The number of anilines is 1. The van der Waals surface area contributed by atoms with Gasteiger partial charge in [0.1, 0.15) is 11.5 Å². The first-order valence-corrected chi connectivity index (χ1v) is 7.08. The summed E-state index contributed by atoms with van der Waals surface area (Å²) in [4.78, 5) is 12.2. The lowest BCUT2D eigenvalue weighted by Gasteiger charge is -2.11. The third-order valence-corrected chi connectivity index (χ3v) is 3.57. The Morgan fingerprint density at radius 3 is 2.55 bits per heavy atom. The second-order valence-corrected chi connectivity index (χ2v) is 5.14. The Labute approximate surface area is 128 Å². The molecular weight excluding hydrogens is 282 g/mol. The molecule has 3 rings (SSSR count). The van der Waals surface area contributed by atoms with Gasteiger partial charge in [-0.3, -0.25) is 4.79 Å². The average molecular weight is 299 g/mol. The molecule has 1 saturated carbocycles. The Bertz CT molecular complexity index is 682. The van der Waals surface area contributed by atoms with Crippen LogP contribution in [0.2, 0.25) is 0 Å². The molecule has 1 amide bonds. The number of benzene rings is 1. The zero-order valence-corrected chi connectivity index (χ0v) is 12.5. The Balaban J connectivity index is 1.75. The summed E-state index contributed by atoms with van der Waals surface area (Å²) < 4.78 is 10.4. The molecule has 1 aliphatic rings. The maximum atomic E-state index is 12.2. The maximum absolute atomic E-state index is 12.2. The van der Waals surface area contributed by atoms with E-state index in [1.807, 2.05) is 6.07 Å². The molecule has 1 N–H and O–H groups in total. The van der Waals surface area contributed by atoms with Gasteiger partial charge >= 0.3 is 0 Å². The summed E-state index contributed by atoms with van der Waals surface area (Å²) in [7, 11) is 3.11. The molecular formula is C16H17N3O3. The van der Waals surface area contributed by atoms with E-state index in [1.165, 1.54) is 7.11 Å². The minimum absolute atomic E-state index is 0.280. The second kappa shape index (κ2) is 6.01. The van der Waals surface area contributed by atoms with E-state index in [1.54, 1.807) is 31.4 Å². The molecule has 0 unspecified atom stereocenters. The van der Waals surface area contributed by atoms with Crippen molar-refractivity contribution in [2.45, 2.75) is 18.8 Å². The van der Waals surface area contributed by atoms with Gasteiger partial charge < -0.3 is 14.8 Å². The van der Waals surface area contributed by atoms with E-state index in [0.29, 0.717) is 23.1 Å². The number of nitrogens with one attached hydrogen (secondary N) is 1. The standard InChI is InChI=1S/C16H17N3O3/c1-21-11-5-6-13(15(9-11)22-2)17-16(20)14-8-7-12(18-19-14)10-3-4-10/h5-10H,3-4H2,1-2H3,(H,17,20). The summed E-state index contributed by atoms with van der Waals surface area (Å²) in [6.07, 6.45) is 2.31. The Kier molecular flexibility index (Phi) is 3.91. The van der Waals surface area contributed by atoms with Gasteiger partial charge in [-0.1, -0.05) is 0 Å². The number of hydrogen-bond acceptors (Lipinski definition) is 5. The van der Waals surface area contributed by atoms with Gasteiger partial charge in [-0.05, 0) is 37.1 Å². The molecule has 6 heteroatoms. The van der Waals surface area contributed by atoms with Crippen molar-refractivity contribution in [2.75, 3.05) is 19.5 Å². The zero-order valence-electron chi connectivity index (χ0n) is 12.5. The van der Waals surface area contributed by atoms with Crippen LogP contribution in [0.5, 0.6) is 11.5 Å². The average Bonchev–Trinajstić information content (AvgIpc) is 3.40. The first-order valence-electron chi connectivity index (χ1n) is 7.08. The van der Waals surface area contributed by atoms with Crippen LogP contribution in [0.15, 0.2) is 30.3 Å². The zero-order chi connectivity index (χ0) is 15.5. The number of carbonyl (C=O) groups is 1. The molecule has 0 radical (unpaired) electrons. The lowest BCUT2D eigenvalue weighted by atomic mass is 10.2. The van der Waals surface area contributed by atoms with Gasteiger partial charge in [-0.2, -0.15) is 5.10 Å². The topological polar surface area (TPSA) is 73.3 Å². The van der Waals surface area contributed by atoms with E-state index in [4.69, 9.17) is 9.47 Å². The minimum Gasteiger partial charge on any atom is -0.497 e. The van der Waals surface area contributed by atoms with Crippen molar-refractivity contribution < 1.29 is 14.3 Å². The number of amides is 1. The highest BCUT2D eigenvalue weighted by molar-refractivity contribution is 6.03. The summed E-state index contributed by atoms with van der Waals surface area (Å²) in [5, 5.41) is 10.9. The normalized spacial score (nSPS) is 13.5. The fourth-order valence-corrected chi connectivity index (χ4v) is 2.15. The minimum atomic E-state index is -0.321. The van der Waals surface area contributed by atoms with Crippen molar-refractivity contribution in [3.63, 3.8) is 0 Å². The number of aromatic nitrogens is 2. The number of methoxy groups -OCH3 is 2. The van der Waals surface area contributed by atoms with Gasteiger partial charge in [0.05, 0.1) is 25.6 Å². The van der Waals surface area contributed by atoms with Gasteiger partial charge in [0.15, 0.2) is 5.69 Å². The highest BCUT2D eigenvalue weighted by Crippen LogP contribution is 2.38. The van der Waals surface area contributed by atoms with Crippen molar-refractivity contribution in [2.24, 2.45) is 0 Å². The van der Waals surface area contributed by atoms with Crippen LogP contribution in [0, 0.1) is 0 Å². The van der Waals surface area contributed by atoms with Crippen molar-refractivity contribution in [1.82, 2.24) is 10.2 Å². The Morgan fingerprint density at radius 2 is 1.95 bits per heavy atom. The molecule has 6 nitrogen and oxygen atoms in total. The lowest BCUT2D eigenvalue weighted by Crippen LogP contribution is -2.15. The van der Waals surface area contributed by atoms with Gasteiger partial charge in [0.2, 0.25) is 0 Å². The van der Waals surface area contributed by atoms with E-state index >= 15 is 0 Å². The van der Waals surface area contributed by atoms with Crippen LogP contribution in [0.25, 0.3) is 0 Å². The van der Waals surface area contributed by atoms with E-state index < -0.39 is 0 Å². The molecule has 0 bridgehead atoms. The molecule has 114 valence electrons. The summed E-state index contributed by atoms with van der Waals surface area (Å²) in [5.41, 5.74) is 1.79. The van der Waals surface area contributed by atoms with Gasteiger partial charge in [-0.25, -0.2) is 0 Å². The molecule has 1 aliphatic carbocycles. The van der Waals surface area contributed by atoms with Crippen molar-refractivity contribution in [3.05, 3.63) is 41.7 Å². The van der Waals surface area contributed by atoms with Gasteiger partial charge in [-0.15, -0.1) is 5.10 Å². The first-order chi connectivity index (χ1) is 10.7. The van der Waals surface area contributed by atoms with Gasteiger partial charge in [0.25, 0.3) is 5.91 Å². The van der Waals surface area contributed by atoms with Crippen LogP contribution in [0.3, 0.4) is 0 Å². The van der Waals surface area contributed by atoms with Crippen LogP contribution in [0.1, 0.15) is 34.9 Å². The number of rotatable bonds is 5. The van der Waals surface area contributed by atoms with E-state index in [9.17, 15) is 4.79 Å². The molecule has 0 saturated heterocycles. The van der Waals surface area contributed by atoms with Crippen molar-refractivity contribution >= 4 is 11.6 Å². The van der Waals surface area contributed by atoms with Crippen LogP contribution >= 0.6 is 0 Å². The number of ether oxygens (including phenoxy) is 2. The van der Waals surface area contributed by atoms with Crippen LogP contribution in [0.4, 0.5) is 5.69 Å². The summed E-state index contributed by atoms with van der Waals surface area (Å²) in [6.45, 7) is 0. The molecule has 1 fully saturated rings. The van der Waals surface area contributed by atoms with E-state index in [-0.39, 0.29) is 11.6 Å². The molecule has 1 heterocycles.